The Hall–Kier alpha value is -1.75. The summed E-state index contributed by atoms with van der Waals surface area (Å²) in [5, 5.41) is 3.23. The van der Waals surface area contributed by atoms with Crippen molar-refractivity contribution in [3.63, 3.8) is 0 Å². The monoisotopic (exact) mass is 282 g/mol. The fraction of sp³-hybridized carbons (Fsp3) is 0.385. The third-order valence-corrected chi connectivity index (χ3v) is 3.17. The molecule has 1 heterocycles. The van der Waals surface area contributed by atoms with Gasteiger partial charge in [-0.25, -0.2) is 4.79 Å². The van der Waals surface area contributed by atoms with E-state index in [1.165, 1.54) is 4.90 Å². The molecule has 0 spiro atoms. The number of ether oxygens (including phenoxy) is 1. The second-order valence-corrected chi connectivity index (χ2v) is 4.93. The van der Waals surface area contributed by atoms with Crippen LogP contribution in [-0.4, -0.2) is 36.6 Å². The molecule has 0 saturated carbocycles. The molecule has 0 unspecified atom stereocenters. The topological polar surface area (TPSA) is 58.6 Å². The van der Waals surface area contributed by atoms with E-state index in [1.807, 2.05) is 19.9 Å². The lowest BCUT2D eigenvalue weighted by molar-refractivity contribution is -0.116. The summed E-state index contributed by atoms with van der Waals surface area (Å²) >= 11 is 6.10. The fourth-order valence-electron chi connectivity index (χ4n) is 2.00. The van der Waals surface area contributed by atoms with Crippen molar-refractivity contribution in [3.05, 3.63) is 28.3 Å². The maximum absolute atomic E-state index is 11.9. The van der Waals surface area contributed by atoms with Crippen molar-refractivity contribution in [3.8, 4) is 0 Å². The van der Waals surface area contributed by atoms with Crippen LogP contribution in [0.5, 0.6) is 0 Å². The van der Waals surface area contributed by atoms with E-state index in [0.29, 0.717) is 23.9 Å². The van der Waals surface area contributed by atoms with Gasteiger partial charge in [0.2, 0.25) is 5.91 Å². The number of hydrogen-bond acceptors (Lipinski definition) is 3. The number of carbonyl (C=O) groups excluding carboxylic acids is 2. The summed E-state index contributed by atoms with van der Waals surface area (Å²) < 4.78 is 4.76. The molecule has 0 aliphatic carbocycles. The van der Waals surface area contributed by atoms with Gasteiger partial charge < -0.3 is 10.1 Å². The van der Waals surface area contributed by atoms with Gasteiger partial charge in [-0.15, -0.1) is 0 Å². The number of nitrogens with zero attached hydrogens (tertiary/aromatic N) is 1. The Balaban J connectivity index is 2.05. The number of carbonyl (C=O) groups is 2. The maximum atomic E-state index is 11.9. The van der Waals surface area contributed by atoms with E-state index in [0.717, 1.165) is 11.1 Å². The zero-order chi connectivity index (χ0) is 14.0. The highest BCUT2D eigenvalue weighted by Crippen LogP contribution is 2.27. The molecule has 0 bridgehead atoms. The second-order valence-electron chi connectivity index (χ2n) is 4.52. The van der Waals surface area contributed by atoms with Gasteiger partial charge in [-0.3, -0.25) is 9.69 Å². The minimum Gasteiger partial charge on any atom is -0.448 e. The van der Waals surface area contributed by atoms with Crippen molar-refractivity contribution in [1.29, 1.82) is 0 Å². The van der Waals surface area contributed by atoms with Crippen LogP contribution in [0.15, 0.2) is 12.1 Å². The number of benzene rings is 1. The molecule has 1 saturated heterocycles. The minimum atomic E-state index is -0.457. The molecule has 0 atom stereocenters. The van der Waals surface area contributed by atoms with Gasteiger partial charge >= 0.3 is 6.09 Å². The number of nitrogens with one attached hydrogen (secondary N) is 1. The van der Waals surface area contributed by atoms with E-state index < -0.39 is 6.09 Å². The van der Waals surface area contributed by atoms with Gasteiger partial charge in [0.25, 0.3) is 0 Å². The largest absolute Gasteiger partial charge is 0.448 e. The zero-order valence-electron chi connectivity index (χ0n) is 10.8. The molecule has 1 aliphatic rings. The quantitative estimate of drug-likeness (QED) is 0.926. The Morgan fingerprint density at radius 1 is 1.47 bits per heavy atom. The van der Waals surface area contributed by atoms with Gasteiger partial charge in [-0.2, -0.15) is 0 Å². The summed E-state index contributed by atoms with van der Waals surface area (Å²) in [4.78, 5) is 24.5. The average Bonchev–Trinajstić information content (AvgIpc) is 2.69. The molecule has 2 rings (SSSR count). The third kappa shape index (κ3) is 3.17. The molecule has 102 valence electrons. The van der Waals surface area contributed by atoms with Gasteiger partial charge in [-0.05, 0) is 31.0 Å². The van der Waals surface area contributed by atoms with Crippen LogP contribution in [0, 0.1) is 13.8 Å². The number of anilines is 1. The highest BCUT2D eigenvalue weighted by atomic mass is 35.5. The van der Waals surface area contributed by atoms with Crippen LogP contribution in [0.25, 0.3) is 0 Å². The molecule has 1 fully saturated rings. The summed E-state index contributed by atoms with van der Waals surface area (Å²) in [5.74, 6) is -0.285. The Morgan fingerprint density at radius 3 is 2.79 bits per heavy atom. The molecule has 1 aromatic rings. The molecular formula is C13H15ClN2O3. The molecule has 1 aromatic carbocycles. The molecule has 5 nitrogen and oxygen atoms in total. The zero-order valence-corrected chi connectivity index (χ0v) is 11.6. The molecule has 2 amide bonds. The Morgan fingerprint density at radius 2 is 2.21 bits per heavy atom. The number of hydrogen-bond donors (Lipinski definition) is 1. The minimum absolute atomic E-state index is 0.0253. The van der Waals surface area contributed by atoms with Crippen molar-refractivity contribution in [1.82, 2.24) is 4.90 Å². The van der Waals surface area contributed by atoms with E-state index in [2.05, 4.69) is 5.32 Å². The van der Waals surface area contributed by atoms with Crippen molar-refractivity contribution in [2.45, 2.75) is 13.8 Å². The van der Waals surface area contributed by atoms with Gasteiger partial charge in [0.05, 0.1) is 17.3 Å². The Kier molecular flexibility index (Phi) is 3.95. The van der Waals surface area contributed by atoms with Crippen LogP contribution in [0.3, 0.4) is 0 Å². The lowest BCUT2D eigenvalue weighted by atomic mass is 10.1. The van der Waals surface area contributed by atoms with Crippen LogP contribution < -0.4 is 5.32 Å². The first-order valence-electron chi connectivity index (χ1n) is 5.95. The van der Waals surface area contributed by atoms with E-state index in [-0.39, 0.29) is 12.5 Å². The number of cyclic esters (lactones) is 1. The van der Waals surface area contributed by atoms with Crippen molar-refractivity contribution in [2.24, 2.45) is 0 Å². The molecule has 1 N–H and O–H groups in total. The van der Waals surface area contributed by atoms with Crippen molar-refractivity contribution >= 4 is 29.3 Å². The smallest absolute Gasteiger partial charge is 0.410 e. The van der Waals surface area contributed by atoms with Crippen molar-refractivity contribution in [2.75, 3.05) is 25.0 Å². The predicted octanol–water partition coefficient (Wildman–Crippen LogP) is 2.35. The first-order chi connectivity index (χ1) is 8.97. The second kappa shape index (κ2) is 5.48. The highest BCUT2D eigenvalue weighted by molar-refractivity contribution is 6.34. The molecule has 19 heavy (non-hydrogen) atoms. The van der Waals surface area contributed by atoms with E-state index in [1.54, 1.807) is 6.07 Å². The third-order valence-electron chi connectivity index (χ3n) is 2.88. The first-order valence-corrected chi connectivity index (χ1v) is 6.33. The Labute approximate surface area is 116 Å². The summed E-state index contributed by atoms with van der Waals surface area (Å²) in [6.45, 7) is 4.55. The summed E-state index contributed by atoms with van der Waals surface area (Å²) in [5.41, 5.74) is 2.51. The van der Waals surface area contributed by atoms with Gasteiger partial charge in [-0.1, -0.05) is 17.7 Å². The summed E-state index contributed by atoms with van der Waals surface area (Å²) in [7, 11) is 0. The normalized spacial score (nSPS) is 14.5. The van der Waals surface area contributed by atoms with Gasteiger partial charge in [0.15, 0.2) is 0 Å². The molecule has 6 heteroatoms. The van der Waals surface area contributed by atoms with Crippen LogP contribution in [-0.2, 0) is 9.53 Å². The van der Waals surface area contributed by atoms with Gasteiger partial charge in [0, 0.05) is 0 Å². The van der Waals surface area contributed by atoms with Crippen LogP contribution in [0.1, 0.15) is 11.1 Å². The Bertz CT molecular complexity index is 508. The maximum Gasteiger partial charge on any atom is 0.410 e. The lowest BCUT2D eigenvalue weighted by Gasteiger charge is -2.15. The van der Waals surface area contributed by atoms with Crippen LogP contribution >= 0.6 is 11.6 Å². The summed E-state index contributed by atoms with van der Waals surface area (Å²) in [6.07, 6.45) is -0.457. The SMILES string of the molecule is Cc1cc(C)c(NC(=O)CN2CCOC2=O)c(Cl)c1. The molecular weight excluding hydrogens is 268 g/mol. The number of aryl methyl sites for hydroxylation is 2. The standard InChI is InChI=1S/C13H15ClN2O3/c1-8-5-9(2)12(10(14)6-8)15-11(17)7-16-3-4-19-13(16)18/h5-6H,3-4,7H2,1-2H3,(H,15,17). The number of amides is 2. The number of rotatable bonds is 3. The van der Waals surface area contributed by atoms with E-state index in [4.69, 9.17) is 16.3 Å². The molecule has 1 aliphatic heterocycles. The molecule has 0 radical (unpaired) electrons. The van der Waals surface area contributed by atoms with E-state index >= 15 is 0 Å². The lowest BCUT2D eigenvalue weighted by Crippen LogP contribution is -2.34. The van der Waals surface area contributed by atoms with Gasteiger partial charge in [0.1, 0.15) is 13.2 Å². The fourth-order valence-corrected chi connectivity index (χ4v) is 2.36. The van der Waals surface area contributed by atoms with E-state index in [9.17, 15) is 9.59 Å². The number of halogens is 1. The van der Waals surface area contributed by atoms with Crippen molar-refractivity contribution < 1.29 is 14.3 Å². The average molecular weight is 283 g/mol. The summed E-state index contributed by atoms with van der Waals surface area (Å²) in [6, 6.07) is 3.72. The first kappa shape index (κ1) is 13.7. The van der Waals surface area contributed by atoms with Crippen LogP contribution in [0.4, 0.5) is 10.5 Å². The highest BCUT2D eigenvalue weighted by Gasteiger charge is 2.24. The van der Waals surface area contributed by atoms with Crippen LogP contribution in [0.2, 0.25) is 5.02 Å². The predicted molar refractivity (Wildman–Crippen MR) is 72.5 cm³/mol. The molecule has 0 aromatic heterocycles.